The van der Waals surface area contributed by atoms with Crippen LogP contribution in [0.25, 0.3) is 0 Å². The van der Waals surface area contributed by atoms with Crippen molar-refractivity contribution in [3.8, 4) is 0 Å². The van der Waals surface area contributed by atoms with Crippen LogP contribution in [0, 0.1) is 6.92 Å². The van der Waals surface area contributed by atoms with E-state index in [2.05, 4.69) is 16.8 Å². The third-order valence-corrected chi connectivity index (χ3v) is 3.93. The third-order valence-electron chi connectivity index (χ3n) is 3.93. The standard InChI is InChI=1S/C13H19N3O2/c1-9-7-15(11-3-4-11)5-6-16(9)13(17)12-10(2)18-8-14-12/h8-9,11H,3-7H2,1-2H3. The number of oxazole rings is 1. The van der Waals surface area contributed by atoms with E-state index in [1.54, 1.807) is 6.92 Å². The van der Waals surface area contributed by atoms with Crippen molar-refractivity contribution in [2.24, 2.45) is 0 Å². The summed E-state index contributed by atoms with van der Waals surface area (Å²) < 4.78 is 5.11. The van der Waals surface area contributed by atoms with E-state index in [-0.39, 0.29) is 11.9 Å². The summed E-state index contributed by atoms with van der Waals surface area (Å²) in [5, 5.41) is 0. The summed E-state index contributed by atoms with van der Waals surface area (Å²) >= 11 is 0. The van der Waals surface area contributed by atoms with Crippen molar-refractivity contribution < 1.29 is 9.21 Å². The number of amides is 1. The number of aromatic nitrogens is 1. The van der Waals surface area contributed by atoms with Crippen molar-refractivity contribution in [1.82, 2.24) is 14.8 Å². The average molecular weight is 249 g/mol. The van der Waals surface area contributed by atoms with Crippen LogP contribution < -0.4 is 0 Å². The Balaban J connectivity index is 1.69. The molecule has 98 valence electrons. The zero-order valence-corrected chi connectivity index (χ0v) is 10.9. The molecule has 2 aliphatic rings. The maximum absolute atomic E-state index is 12.4. The summed E-state index contributed by atoms with van der Waals surface area (Å²) in [5.41, 5.74) is 0.460. The minimum atomic E-state index is 0.00389. The monoisotopic (exact) mass is 249 g/mol. The number of rotatable bonds is 2. The van der Waals surface area contributed by atoms with E-state index in [9.17, 15) is 4.79 Å². The molecule has 0 radical (unpaired) electrons. The molecular formula is C13H19N3O2. The number of piperazine rings is 1. The highest BCUT2D eigenvalue weighted by Crippen LogP contribution is 2.29. The van der Waals surface area contributed by atoms with Crippen LogP contribution in [0.3, 0.4) is 0 Å². The second-order valence-corrected chi connectivity index (χ2v) is 5.33. The molecule has 1 amide bonds. The molecule has 1 saturated carbocycles. The topological polar surface area (TPSA) is 49.6 Å². The number of hydrogen-bond donors (Lipinski definition) is 0. The second-order valence-electron chi connectivity index (χ2n) is 5.33. The predicted octanol–water partition coefficient (Wildman–Crippen LogP) is 1.29. The van der Waals surface area contributed by atoms with Gasteiger partial charge in [-0.1, -0.05) is 0 Å². The Hall–Kier alpha value is -1.36. The smallest absolute Gasteiger partial charge is 0.276 e. The van der Waals surface area contributed by atoms with Gasteiger partial charge in [-0.05, 0) is 26.7 Å². The van der Waals surface area contributed by atoms with Gasteiger partial charge in [0, 0.05) is 31.7 Å². The van der Waals surface area contributed by atoms with Crippen LogP contribution in [-0.2, 0) is 0 Å². The number of aryl methyl sites for hydroxylation is 1. The van der Waals surface area contributed by atoms with Gasteiger partial charge in [-0.2, -0.15) is 0 Å². The van der Waals surface area contributed by atoms with Crippen LogP contribution in [-0.4, -0.2) is 52.4 Å². The lowest BCUT2D eigenvalue weighted by atomic mass is 10.1. The van der Waals surface area contributed by atoms with Gasteiger partial charge in [0.25, 0.3) is 5.91 Å². The van der Waals surface area contributed by atoms with E-state index in [1.165, 1.54) is 19.2 Å². The number of nitrogens with zero attached hydrogens (tertiary/aromatic N) is 3. The molecule has 0 N–H and O–H groups in total. The van der Waals surface area contributed by atoms with Crippen LogP contribution in [0.1, 0.15) is 36.0 Å². The van der Waals surface area contributed by atoms with Gasteiger partial charge in [0.2, 0.25) is 0 Å². The SMILES string of the molecule is Cc1ocnc1C(=O)N1CCN(C2CC2)CC1C. The zero-order chi connectivity index (χ0) is 12.7. The van der Waals surface area contributed by atoms with E-state index >= 15 is 0 Å². The molecule has 5 nitrogen and oxygen atoms in total. The van der Waals surface area contributed by atoms with E-state index in [0.29, 0.717) is 11.5 Å². The summed E-state index contributed by atoms with van der Waals surface area (Å²) in [4.78, 5) is 20.8. The fraction of sp³-hybridized carbons (Fsp3) is 0.692. The fourth-order valence-electron chi connectivity index (χ4n) is 2.71. The Morgan fingerprint density at radius 1 is 1.44 bits per heavy atom. The molecule has 1 aliphatic heterocycles. The van der Waals surface area contributed by atoms with Crippen LogP contribution in [0.4, 0.5) is 0 Å². The van der Waals surface area contributed by atoms with Crippen LogP contribution >= 0.6 is 0 Å². The molecule has 1 aliphatic carbocycles. The Morgan fingerprint density at radius 2 is 2.22 bits per heavy atom. The lowest BCUT2D eigenvalue weighted by molar-refractivity contribution is 0.0467. The Bertz CT molecular complexity index is 453. The molecule has 0 spiro atoms. The van der Waals surface area contributed by atoms with Crippen molar-refractivity contribution >= 4 is 5.91 Å². The van der Waals surface area contributed by atoms with E-state index < -0.39 is 0 Å². The first-order valence-electron chi connectivity index (χ1n) is 6.62. The molecule has 1 aromatic heterocycles. The largest absolute Gasteiger partial charge is 0.448 e. The summed E-state index contributed by atoms with van der Waals surface area (Å²) in [6.45, 7) is 6.65. The minimum absolute atomic E-state index is 0.00389. The molecule has 2 fully saturated rings. The third kappa shape index (κ3) is 2.03. The van der Waals surface area contributed by atoms with Gasteiger partial charge in [0.1, 0.15) is 5.76 Å². The highest BCUT2D eigenvalue weighted by atomic mass is 16.3. The van der Waals surface area contributed by atoms with Gasteiger partial charge in [-0.15, -0.1) is 0 Å². The minimum Gasteiger partial charge on any atom is -0.448 e. The molecule has 1 atom stereocenters. The molecule has 0 aromatic carbocycles. The highest BCUT2D eigenvalue weighted by molar-refractivity contribution is 5.93. The summed E-state index contributed by atoms with van der Waals surface area (Å²) in [6.07, 6.45) is 3.99. The normalized spacial score (nSPS) is 25.4. The summed E-state index contributed by atoms with van der Waals surface area (Å²) in [7, 11) is 0. The highest BCUT2D eigenvalue weighted by Gasteiger charge is 2.36. The van der Waals surface area contributed by atoms with Gasteiger partial charge < -0.3 is 9.32 Å². The molecular weight excluding hydrogens is 230 g/mol. The zero-order valence-electron chi connectivity index (χ0n) is 10.9. The molecule has 5 heteroatoms. The lowest BCUT2D eigenvalue weighted by Gasteiger charge is -2.39. The van der Waals surface area contributed by atoms with Crippen molar-refractivity contribution in [3.05, 3.63) is 17.8 Å². The molecule has 0 bridgehead atoms. The van der Waals surface area contributed by atoms with Crippen LogP contribution in [0.15, 0.2) is 10.8 Å². The first-order valence-corrected chi connectivity index (χ1v) is 6.62. The predicted molar refractivity (Wildman–Crippen MR) is 66.3 cm³/mol. The summed E-state index contributed by atoms with van der Waals surface area (Å²) in [5.74, 6) is 0.612. The van der Waals surface area contributed by atoms with Gasteiger partial charge in [0.15, 0.2) is 12.1 Å². The quantitative estimate of drug-likeness (QED) is 0.792. The van der Waals surface area contributed by atoms with Gasteiger partial charge in [0.05, 0.1) is 0 Å². The molecule has 3 rings (SSSR count). The van der Waals surface area contributed by atoms with Crippen molar-refractivity contribution in [3.63, 3.8) is 0 Å². The average Bonchev–Trinajstić information content (AvgIpc) is 3.11. The maximum atomic E-state index is 12.4. The first-order chi connectivity index (χ1) is 8.66. The number of carbonyl (C=O) groups excluding carboxylic acids is 1. The molecule has 18 heavy (non-hydrogen) atoms. The van der Waals surface area contributed by atoms with E-state index in [4.69, 9.17) is 4.42 Å². The lowest BCUT2D eigenvalue weighted by Crippen LogP contribution is -2.54. The van der Waals surface area contributed by atoms with Gasteiger partial charge >= 0.3 is 0 Å². The van der Waals surface area contributed by atoms with E-state index in [1.807, 2.05) is 4.90 Å². The number of carbonyl (C=O) groups is 1. The Labute approximate surface area is 107 Å². The Morgan fingerprint density at radius 3 is 2.78 bits per heavy atom. The molecule has 1 saturated heterocycles. The van der Waals surface area contributed by atoms with Crippen LogP contribution in [0.2, 0.25) is 0 Å². The van der Waals surface area contributed by atoms with Crippen molar-refractivity contribution in [2.75, 3.05) is 19.6 Å². The van der Waals surface area contributed by atoms with Crippen LogP contribution in [0.5, 0.6) is 0 Å². The number of hydrogen-bond acceptors (Lipinski definition) is 4. The molecule has 1 unspecified atom stereocenters. The summed E-state index contributed by atoms with van der Waals surface area (Å²) in [6, 6.07) is 1.03. The van der Waals surface area contributed by atoms with Gasteiger partial charge in [-0.25, -0.2) is 4.98 Å². The second kappa shape index (κ2) is 4.39. The fourth-order valence-corrected chi connectivity index (χ4v) is 2.71. The van der Waals surface area contributed by atoms with E-state index in [0.717, 1.165) is 25.7 Å². The molecule has 2 heterocycles. The maximum Gasteiger partial charge on any atom is 0.276 e. The molecule has 1 aromatic rings. The first kappa shape index (κ1) is 11.7. The van der Waals surface area contributed by atoms with Crippen molar-refractivity contribution in [1.29, 1.82) is 0 Å². The Kier molecular flexibility index (Phi) is 2.86. The van der Waals surface area contributed by atoms with Crippen molar-refractivity contribution in [2.45, 2.75) is 38.8 Å². The van der Waals surface area contributed by atoms with Gasteiger partial charge in [-0.3, -0.25) is 9.69 Å².